The SMILES string of the molecule is CN(C(=O)OCC1c2ccccc2-c2ccccc21)[C@H](CCC(=O)O)C(=O)O. The summed E-state index contributed by atoms with van der Waals surface area (Å²) in [4.78, 5) is 35.5. The van der Waals surface area contributed by atoms with E-state index in [4.69, 9.17) is 9.84 Å². The molecule has 1 atom stereocenters. The molecule has 146 valence electrons. The van der Waals surface area contributed by atoms with E-state index in [0.29, 0.717) is 0 Å². The predicted molar refractivity (Wildman–Crippen MR) is 101 cm³/mol. The molecule has 0 radical (unpaired) electrons. The number of ether oxygens (including phenoxy) is 1. The molecule has 1 amide bonds. The summed E-state index contributed by atoms with van der Waals surface area (Å²) in [7, 11) is 1.31. The molecule has 7 heteroatoms. The monoisotopic (exact) mass is 383 g/mol. The van der Waals surface area contributed by atoms with Gasteiger partial charge in [-0.3, -0.25) is 9.69 Å². The van der Waals surface area contributed by atoms with Gasteiger partial charge in [0, 0.05) is 19.4 Å². The molecule has 2 aromatic rings. The number of amides is 1. The van der Waals surface area contributed by atoms with Gasteiger partial charge in [0.05, 0.1) is 0 Å². The lowest BCUT2D eigenvalue weighted by molar-refractivity contribution is -0.143. The Morgan fingerprint density at radius 2 is 1.54 bits per heavy atom. The van der Waals surface area contributed by atoms with E-state index in [0.717, 1.165) is 27.2 Å². The van der Waals surface area contributed by atoms with Gasteiger partial charge in [0.15, 0.2) is 0 Å². The molecule has 0 spiro atoms. The second-order valence-corrected chi connectivity index (χ2v) is 6.70. The number of nitrogens with zero attached hydrogens (tertiary/aromatic N) is 1. The quantitative estimate of drug-likeness (QED) is 0.761. The van der Waals surface area contributed by atoms with E-state index in [1.54, 1.807) is 0 Å². The first-order valence-corrected chi connectivity index (χ1v) is 8.92. The van der Waals surface area contributed by atoms with Crippen molar-refractivity contribution in [2.75, 3.05) is 13.7 Å². The Kier molecular flexibility index (Phi) is 5.63. The number of benzene rings is 2. The highest BCUT2D eigenvalue weighted by Gasteiger charge is 2.32. The van der Waals surface area contributed by atoms with Crippen LogP contribution in [0.5, 0.6) is 0 Å². The maximum atomic E-state index is 12.4. The molecule has 0 aromatic heterocycles. The molecule has 28 heavy (non-hydrogen) atoms. The number of hydrogen-bond donors (Lipinski definition) is 2. The minimum absolute atomic E-state index is 0.0719. The molecule has 0 unspecified atom stereocenters. The number of carboxylic acid groups (broad SMARTS) is 2. The molecule has 0 saturated heterocycles. The molecule has 2 N–H and O–H groups in total. The van der Waals surface area contributed by atoms with Crippen molar-refractivity contribution in [1.82, 2.24) is 4.90 Å². The molecule has 7 nitrogen and oxygen atoms in total. The number of aliphatic carboxylic acids is 2. The number of carboxylic acids is 2. The van der Waals surface area contributed by atoms with Crippen molar-refractivity contribution in [1.29, 1.82) is 0 Å². The summed E-state index contributed by atoms with van der Waals surface area (Å²) in [6.07, 6.45) is -1.33. The van der Waals surface area contributed by atoms with Crippen molar-refractivity contribution >= 4 is 18.0 Å². The first kappa shape index (κ1) is 19.4. The molecule has 1 aliphatic carbocycles. The number of rotatable bonds is 7. The second-order valence-electron chi connectivity index (χ2n) is 6.70. The maximum Gasteiger partial charge on any atom is 0.410 e. The zero-order valence-corrected chi connectivity index (χ0v) is 15.4. The Balaban J connectivity index is 1.72. The van der Waals surface area contributed by atoms with Gasteiger partial charge >= 0.3 is 18.0 Å². The van der Waals surface area contributed by atoms with Crippen LogP contribution in [0, 0.1) is 0 Å². The van der Waals surface area contributed by atoms with Crippen molar-refractivity contribution in [3.05, 3.63) is 59.7 Å². The Morgan fingerprint density at radius 3 is 2.04 bits per heavy atom. The standard InChI is InChI=1S/C21H21NO6/c1-22(18(20(25)26)10-11-19(23)24)21(27)28-12-17-15-8-4-2-6-13(15)14-7-3-5-9-16(14)17/h2-9,17-18H,10-12H2,1H3,(H,23,24)(H,25,26)/t18-/m1/s1. The lowest BCUT2D eigenvalue weighted by Crippen LogP contribution is -2.43. The fourth-order valence-electron chi connectivity index (χ4n) is 3.57. The van der Waals surface area contributed by atoms with E-state index in [1.165, 1.54) is 7.05 Å². The van der Waals surface area contributed by atoms with E-state index in [1.807, 2.05) is 48.5 Å². The average molecular weight is 383 g/mol. The summed E-state index contributed by atoms with van der Waals surface area (Å²) >= 11 is 0. The fraction of sp³-hybridized carbons (Fsp3) is 0.286. The molecule has 2 aromatic carbocycles. The van der Waals surface area contributed by atoms with Gasteiger partial charge in [-0.05, 0) is 28.7 Å². The van der Waals surface area contributed by atoms with Gasteiger partial charge in [-0.2, -0.15) is 0 Å². The largest absolute Gasteiger partial charge is 0.481 e. The normalized spacial score (nSPS) is 13.3. The second kappa shape index (κ2) is 8.12. The molecule has 0 bridgehead atoms. The lowest BCUT2D eigenvalue weighted by atomic mass is 9.98. The highest BCUT2D eigenvalue weighted by molar-refractivity contribution is 5.81. The zero-order valence-electron chi connectivity index (χ0n) is 15.4. The zero-order chi connectivity index (χ0) is 20.3. The van der Waals surface area contributed by atoms with Crippen molar-refractivity contribution in [2.45, 2.75) is 24.8 Å². The van der Waals surface area contributed by atoms with Crippen LogP contribution in [0.15, 0.2) is 48.5 Å². The van der Waals surface area contributed by atoms with Crippen LogP contribution in [0.25, 0.3) is 11.1 Å². The number of likely N-dealkylation sites (N-methyl/N-ethyl adjacent to an activating group) is 1. The average Bonchev–Trinajstić information content (AvgIpc) is 2.99. The van der Waals surface area contributed by atoms with E-state index in [9.17, 15) is 19.5 Å². The maximum absolute atomic E-state index is 12.4. The van der Waals surface area contributed by atoms with Crippen LogP contribution in [0.3, 0.4) is 0 Å². The molecule has 1 aliphatic rings. The van der Waals surface area contributed by atoms with Crippen molar-refractivity contribution in [3.63, 3.8) is 0 Å². The molecular weight excluding hydrogens is 362 g/mol. The number of fused-ring (bicyclic) bond motifs is 3. The van der Waals surface area contributed by atoms with Crippen LogP contribution >= 0.6 is 0 Å². The molecule has 0 saturated carbocycles. The first-order valence-electron chi connectivity index (χ1n) is 8.92. The molecule has 0 aliphatic heterocycles. The minimum Gasteiger partial charge on any atom is -0.481 e. The van der Waals surface area contributed by atoms with Gasteiger partial charge in [-0.25, -0.2) is 9.59 Å². The highest BCUT2D eigenvalue weighted by Crippen LogP contribution is 2.44. The Morgan fingerprint density at radius 1 is 1.00 bits per heavy atom. The highest BCUT2D eigenvalue weighted by atomic mass is 16.6. The summed E-state index contributed by atoms with van der Waals surface area (Å²) in [6.45, 7) is 0.0719. The Bertz CT molecular complexity index is 864. The third-order valence-electron chi connectivity index (χ3n) is 5.01. The van der Waals surface area contributed by atoms with Crippen molar-refractivity contribution < 1.29 is 29.3 Å². The van der Waals surface area contributed by atoms with Gasteiger partial charge in [0.2, 0.25) is 0 Å². The summed E-state index contributed by atoms with van der Waals surface area (Å²) in [5.41, 5.74) is 4.30. The van der Waals surface area contributed by atoms with Gasteiger partial charge in [0.25, 0.3) is 0 Å². The van der Waals surface area contributed by atoms with Gasteiger partial charge < -0.3 is 14.9 Å². The van der Waals surface area contributed by atoms with Crippen LogP contribution in [0.1, 0.15) is 29.9 Å². The van der Waals surface area contributed by atoms with Crippen LogP contribution in [0.4, 0.5) is 4.79 Å². The van der Waals surface area contributed by atoms with E-state index in [2.05, 4.69) is 0 Å². The van der Waals surface area contributed by atoms with Crippen LogP contribution in [0.2, 0.25) is 0 Å². The van der Waals surface area contributed by atoms with Gasteiger partial charge in [-0.1, -0.05) is 48.5 Å². The smallest absolute Gasteiger partial charge is 0.410 e. The topological polar surface area (TPSA) is 104 Å². The third kappa shape index (κ3) is 3.83. The molecular formula is C21H21NO6. The lowest BCUT2D eigenvalue weighted by Gasteiger charge is -2.24. The van der Waals surface area contributed by atoms with Crippen LogP contribution < -0.4 is 0 Å². The third-order valence-corrected chi connectivity index (χ3v) is 5.01. The van der Waals surface area contributed by atoms with E-state index >= 15 is 0 Å². The number of carbonyl (C=O) groups excluding carboxylic acids is 1. The molecule has 3 rings (SSSR count). The summed E-state index contributed by atoms with van der Waals surface area (Å²) in [6, 6.07) is 14.5. The van der Waals surface area contributed by atoms with Gasteiger partial charge in [-0.15, -0.1) is 0 Å². The van der Waals surface area contributed by atoms with Crippen LogP contribution in [-0.4, -0.2) is 52.8 Å². The van der Waals surface area contributed by atoms with Crippen molar-refractivity contribution in [2.24, 2.45) is 0 Å². The minimum atomic E-state index is -1.27. The fourth-order valence-corrected chi connectivity index (χ4v) is 3.57. The number of carbonyl (C=O) groups is 3. The van der Waals surface area contributed by atoms with E-state index < -0.39 is 24.1 Å². The Hall–Kier alpha value is -3.35. The van der Waals surface area contributed by atoms with Gasteiger partial charge in [0.1, 0.15) is 12.6 Å². The number of hydrogen-bond acceptors (Lipinski definition) is 4. The van der Waals surface area contributed by atoms with E-state index in [-0.39, 0.29) is 25.4 Å². The Labute approximate surface area is 162 Å². The first-order chi connectivity index (χ1) is 13.4. The summed E-state index contributed by atoms with van der Waals surface area (Å²) in [5, 5.41) is 18.1. The molecule has 0 heterocycles. The summed E-state index contributed by atoms with van der Waals surface area (Å²) in [5.74, 6) is -2.52. The van der Waals surface area contributed by atoms with Crippen LogP contribution in [-0.2, 0) is 14.3 Å². The molecule has 0 fully saturated rings. The summed E-state index contributed by atoms with van der Waals surface area (Å²) < 4.78 is 5.42. The predicted octanol–water partition coefficient (Wildman–Crippen LogP) is 3.19. The van der Waals surface area contributed by atoms with Crippen molar-refractivity contribution in [3.8, 4) is 11.1 Å².